The van der Waals surface area contributed by atoms with Crippen LogP contribution in [-0.2, 0) is 0 Å². The lowest BCUT2D eigenvalue weighted by atomic mass is 9.95. The number of alkyl halides is 3. The van der Waals surface area contributed by atoms with Crippen LogP contribution in [0, 0.1) is 0 Å². The Morgan fingerprint density at radius 2 is 1.92 bits per heavy atom. The van der Waals surface area contributed by atoms with Gasteiger partial charge in [-0.1, -0.05) is 0 Å². The number of hydrogen-bond acceptors (Lipinski definition) is 4. The lowest BCUT2D eigenvalue weighted by Gasteiger charge is -2.15. The van der Waals surface area contributed by atoms with Crippen molar-refractivity contribution >= 4 is 17.2 Å². The van der Waals surface area contributed by atoms with E-state index in [9.17, 15) is 18.0 Å². The second-order valence-electron chi connectivity index (χ2n) is 5.38. The van der Waals surface area contributed by atoms with Crippen molar-refractivity contribution < 1.29 is 27.8 Å². The zero-order chi connectivity index (χ0) is 18.3. The van der Waals surface area contributed by atoms with Gasteiger partial charge in [0.25, 0.3) is 5.91 Å². The molecule has 25 heavy (non-hydrogen) atoms. The van der Waals surface area contributed by atoms with Gasteiger partial charge in [0, 0.05) is 18.7 Å². The highest BCUT2D eigenvalue weighted by Gasteiger charge is 2.31. The highest BCUT2D eigenvalue weighted by Crippen LogP contribution is 2.25. The van der Waals surface area contributed by atoms with Crippen molar-refractivity contribution in [2.75, 3.05) is 13.2 Å². The standard InChI is InChI=1S/C17H18F3NO3S/c18-17(19,20)24-15-3-1-13(2-4-15)16(23)21-8-5-12(6-9-22)14-7-10-25-11-14/h1-4,7,10-12,22H,5-6,8-9H2,(H,21,23). The Labute approximate surface area is 147 Å². The zero-order valence-corrected chi connectivity index (χ0v) is 14.1. The molecule has 1 atom stereocenters. The van der Waals surface area contributed by atoms with Crippen molar-refractivity contribution in [3.8, 4) is 5.75 Å². The quantitative estimate of drug-likeness (QED) is 0.737. The summed E-state index contributed by atoms with van der Waals surface area (Å²) < 4.78 is 40.1. The molecule has 2 N–H and O–H groups in total. The number of rotatable bonds is 8. The van der Waals surface area contributed by atoms with E-state index in [0.29, 0.717) is 19.4 Å². The van der Waals surface area contributed by atoms with E-state index in [0.717, 1.165) is 17.7 Å². The molecule has 1 aromatic heterocycles. The molecule has 0 saturated carbocycles. The van der Waals surface area contributed by atoms with E-state index in [4.69, 9.17) is 5.11 Å². The van der Waals surface area contributed by atoms with Crippen LogP contribution in [0.25, 0.3) is 0 Å². The second kappa shape index (κ2) is 8.87. The Kier molecular flexibility index (Phi) is 6.83. The highest BCUT2D eigenvalue weighted by molar-refractivity contribution is 7.07. The Bertz CT molecular complexity index is 657. The van der Waals surface area contributed by atoms with Crippen LogP contribution in [0.5, 0.6) is 5.75 Å². The maximum atomic E-state index is 12.1. The number of aliphatic hydroxyl groups is 1. The van der Waals surface area contributed by atoms with Crippen molar-refractivity contribution in [1.82, 2.24) is 5.32 Å². The molecular formula is C17H18F3NO3S. The first kappa shape index (κ1) is 19.3. The van der Waals surface area contributed by atoms with Crippen LogP contribution < -0.4 is 10.1 Å². The van der Waals surface area contributed by atoms with Gasteiger partial charge in [-0.05, 0) is 65.4 Å². The third-order valence-corrected chi connectivity index (χ3v) is 4.32. The minimum atomic E-state index is -4.76. The van der Waals surface area contributed by atoms with Crippen LogP contribution >= 0.6 is 11.3 Å². The van der Waals surface area contributed by atoms with Gasteiger partial charge in [0.1, 0.15) is 5.75 Å². The van der Waals surface area contributed by atoms with Crippen molar-refractivity contribution in [2.45, 2.75) is 25.1 Å². The molecule has 1 heterocycles. The van der Waals surface area contributed by atoms with Crippen molar-refractivity contribution in [3.05, 3.63) is 52.2 Å². The van der Waals surface area contributed by atoms with Crippen LogP contribution in [0.4, 0.5) is 13.2 Å². The van der Waals surface area contributed by atoms with E-state index in [1.807, 2.05) is 16.8 Å². The Morgan fingerprint density at radius 3 is 2.48 bits per heavy atom. The van der Waals surface area contributed by atoms with E-state index in [1.165, 1.54) is 12.1 Å². The third kappa shape index (κ3) is 6.39. The summed E-state index contributed by atoms with van der Waals surface area (Å²) in [5.41, 5.74) is 1.38. The molecule has 1 unspecified atom stereocenters. The molecule has 136 valence electrons. The lowest BCUT2D eigenvalue weighted by Crippen LogP contribution is -2.25. The molecule has 2 rings (SSSR count). The molecule has 0 aliphatic carbocycles. The van der Waals surface area contributed by atoms with Gasteiger partial charge in [-0.3, -0.25) is 4.79 Å². The Hall–Kier alpha value is -2.06. The number of amides is 1. The number of halogens is 3. The number of carbonyl (C=O) groups is 1. The number of ether oxygens (including phenoxy) is 1. The highest BCUT2D eigenvalue weighted by atomic mass is 32.1. The summed E-state index contributed by atoms with van der Waals surface area (Å²) >= 11 is 1.57. The van der Waals surface area contributed by atoms with Crippen LogP contribution in [0.1, 0.15) is 34.7 Å². The van der Waals surface area contributed by atoms with Gasteiger partial charge in [0.05, 0.1) is 0 Å². The molecule has 0 radical (unpaired) electrons. The number of aliphatic hydroxyl groups excluding tert-OH is 1. The molecule has 1 aromatic carbocycles. The molecule has 0 aliphatic rings. The third-order valence-electron chi connectivity index (χ3n) is 3.62. The van der Waals surface area contributed by atoms with Gasteiger partial charge in [-0.15, -0.1) is 13.2 Å². The minimum absolute atomic E-state index is 0.0646. The number of nitrogens with one attached hydrogen (secondary N) is 1. The molecule has 4 nitrogen and oxygen atoms in total. The van der Waals surface area contributed by atoms with Gasteiger partial charge in [-0.2, -0.15) is 11.3 Å². The molecule has 1 amide bonds. The maximum Gasteiger partial charge on any atom is 0.573 e. The van der Waals surface area contributed by atoms with Crippen LogP contribution in [0.15, 0.2) is 41.1 Å². The summed E-state index contributed by atoms with van der Waals surface area (Å²) in [6, 6.07) is 6.75. The number of hydrogen-bond donors (Lipinski definition) is 2. The van der Waals surface area contributed by atoms with E-state index in [1.54, 1.807) is 11.3 Å². The van der Waals surface area contributed by atoms with E-state index in [-0.39, 0.29) is 29.7 Å². The fourth-order valence-electron chi connectivity index (χ4n) is 2.41. The molecular weight excluding hydrogens is 355 g/mol. The molecule has 2 aromatic rings. The van der Waals surface area contributed by atoms with E-state index in [2.05, 4.69) is 10.1 Å². The summed E-state index contributed by atoms with van der Waals surface area (Å²) in [5.74, 6) is -0.588. The van der Waals surface area contributed by atoms with E-state index < -0.39 is 6.36 Å². The van der Waals surface area contributed by atoms with Gasteiger partial charge < -0.3 is 15.2 Å². The molecule has 8 heteroatoms. The van der Waals surface area contributed by atoms with Crippen LogP contribution in [-0.4, -0.2) is 30.5 Å². The first-order valence-electron chi connectivity index (χ1n) is 7.66. The SMILES string of the molecule is O=C(NCCC(CCO)c1ccsc1)c1ccc(OC(F)(F)F)cc1. The van der Waals surface area contributed by atoms with Gasteiger partial charge >= 0.3 is 6.36 Å². The molecule has 0 aliphatic heterocycles. The lowest BCUT2D eigenvalue weighted by molar-refractivity contribution is -0.274. The summed E-state index contributed by atoms with van der Waals surface area (Å²) in [7, 11) is 0. The van der Waals surface area contributed by atoms with Crippen molar-refractivity contribution in [2.24, 2.45) is 0 Å². The number of benzene rings is 1. The average Bonchev–Trinajstić information content (AvgIpc) is 3.07. The summed E-state index contributed by atoms with van der Waals surface area (Å²) in [4.78, 5) is 12.0. The fourth-order valence-corrected chi connectivity index (χ4v) is 3.15. The Morgan fingerprint density at radius 1 is 1.20 bits per heavy atom. The molecule has 0 bridgehead atoms. The Balaban J connectivity index is 1.85. The van der Waals surface area contributed by atoms with E-state index >= 15 is 0 Å². The first-order valence-corrected chi connectivity index (χ1v) is 8.60. The predicted molar refractivity (Wildman–Crippen MR) is 88.8 cm³/mol. The van der Waals surface area contributed by atoms with Gasteiger partial charge in [0.15, 0.2) is 0 Å². The smallest absolute Gasteiger partial charge is 0.406 e. The van der Waals surface area contributed by atoms with Crippen LogP contribution in [0.2, 0.25) is 0 Å². The summed E-state index contributed by atoms with van der Waals surface area (Å²) in [6.07, 6.45) is -3.48. The number of thiophene rings is 1. The van der Waals surface area contributed by atoms with Gasteiger partial charge in [-0.25, -0.2) is 0 Å². The molecule has 0 spiro atoms. The monoisotopic (exact) mass is 373 g/mol. The summed E-state index contributed by atoms with van der Waals surface area (Å²) in [5, 5.41) is 15.9. The second-order valence-corrected chi connectivity index (χ2v) is 6.16. The largest absolute Gasteiger partial charge is 0.573 e. The van der Waals surface area contributed by atoms with Crippen molar-refractivity contribution in [3.63, 3.8) is 0 Å². The van der Waals surface area contributed by atoms with Crippen LogP contribution in [0.3, 0.4) is 0 Å². The summed E-state index contributed by atoms with van der Waals surface area (Å²) in [6.45, 7) is 0.468. The average molecular weight is 373 g/mol. The fraction of sp³-hybridized carbons (Fsp3) is 0.353. The number of carbonyl (C=O) groups excluding carboxylic acids is 1. The predicted octanol–water partition coefficient (Wildman–Crippen LogP) is 3.93. The molecule has 0 fully saturated rings. The van der Waals surface area contributed by atoms with Crippen molar-refractivity contribution in [1.29, 1.82) is 0 Å². The van der Waals surface area contributed by atoms with Gasteiger partial charge in [0.2, 0.25) is 0 Å². The first-order chi connectivity index (χ1) is 11.9. The topological polar surface area (TPSA) is 58.6 Å². The zero-order valence-electron chi connectivity index (χ0n) is 13.3. The minimum Gasteiger partial charge on any atom is -0.406 e. The maximum absolute atomic E-state index is 12.1. The molecule has 0 saturated heterocycles. The normalized spacial score (nSPS) is 12.6.